The predicted octanol–water partition coefficient (Wildman–Crippen LogP) is 1.62. The maximum absolute atomic E-state index is 13.2. The van der Waals surface area contributed by atoms with Crippen LogP contribution < -0.4 is 5.73 Å². The third kappa shape index (κ3) is 5.07. The van der Waals surface area contributed by atoms with E-state index in [0.717, 1.165) is 24.3 Å². The molecule has 0 saturated carbocycles. The second-order valence-corrected chi connectivity index (χ2v) is 5.73. The van der Waals surface area contributed by atoms with Crippen LogP contribution in [0.2, 0.25) is 0 Å². The van der Waals surface area contributed by atoms with Gasteiger partial charge < -0.3 is 25.8 Å². The fourth-order valence-corrected chi connectivity index (χ4v) is 2.44. The molecule has 0 saturated heterocycles. The third-order valence-electron chi connectivity index (χ3n) is 3.86. The molecule has 144 valence electrons. The number of carboxylic acid groups (broad SMARTS) is 2. The molecule has 4 unspecified atom stereocenters. The zero-order chi connectivity index (χ0) is 20.1. The van der Waals surface area contributed by atoms with Crippen LogP contribution in [0.5, 0.6) is 0 Å². The number of halogens is 2. The first kappa shape index (κ1) is 20.4. The Balaban J connectivity index is 2.42. The molecule has 2 aromatic rings. The largest absolute Gasteiger partial charge is 0.479 e. The van der Waals surface area contributed by atoms with Crippen LogP contribution in [-0.2, 0) is 14.3 Å². The van der Waals surface area contributed by atoms with E-state index in [1.165, 1.54) is 24.3 Å². The van der Waals surface area contributed by atoms with Crippen molar-refractivity contribution in [3.63, 3.8) is 0 Å². The van der Waals surface area contributed by atoms with E-state index in [4.69, 9.17) is 15.6 Å². The number of hydrogen-bond acceptors (Lipinski definition) is 5. The van der Waals surface area contributed by atoms with Crippen molar-refractivity contribution in [2.24, 2.45) is 5.73 Å². The molecule has 0 heterocycles. The van der Waals surface area contributed by atoms with Crippen LogP contribution >= 0.6 is 0 Å². The van der Waals surface area contributed by atoms with Gasteiger partial charge in [-0.15, -0.1) is 0 Å². The lowest BCUT2D eigenvalue weighted by atomic mass is 9.96. The van der Waals surface area contributed by atoms with Gasteiger partial charge in [-0.05, 0) is 35.4 Å². The minimum absolute atomic E-state index is 0.247. The second-order valence-electron chi connectivity index (χ2n) is 5.73. The number of nitrogens with two attached hydrogens (primary N) is 1. The van der Waals surface area contributed by atoms with E-state index in [1.54, 1.807) is 0 Å². The van der Waals surface area contributed by atoms with Crippen LogP contribution in [0.15, 0.2) is 48.5 Å². The summed E-state index contributed by atoms with van der Waals surface area (Å²) in [5, 5.41) is 27.7. The second kappa shape index (κ2) is 8.67. The molecular formula is C18H17F2NO6. The molecule has 4 atom stereocenters. The summed E-state index contributed by atoms with van der Waals surface area (Å²) in [7, 11) is 0. The van der Waals surface area contributed by atoms with Crippen molar-refractivity contribution in [2.45, 2.75) is 24.4 Å². The van der Waals surface area contributed by atoms with E-state index < -0.39 is 47.9 Å². The van der Waals surface area contributed by atoms with Crippen LogP contribution in [0, 0.1) is 11.6 Å². The number of hydrogen-bond donors (Lipinski definition) is 4. The van der Waals surface area contributed by atoms with Crippen molar-refractivity contribution in [3.8, 4) is 0 Å². The topological polar surface area (TPSA) is 130 Å². The molecule has 0 aliphatic heterocycles. The van der Waals surface area contributed by atoms with Gasteiger partial charge in [0.05, 0.1) is 6.04 Å². The maximum atomic E-state index is 13.2. The highest BCUT2D eigenvalue weighted by Gasteiger charge is 2.37. The highest BCUT2D eigenvalue weighted by Crippen LogP contribution is 2.32. The Kier molecular flexibility index (Phi) is 6.56. The summed E-state index contributed by atoms with van der Waals surface area (Å²) in [6.07, 6.45) is -5.75. The van der Waals surface area contributed by atoms with Crippen LogP contribution in [0.1, 0.15) is 23.3 Å². The summed E-state index contributed by atoms with van der Waals surface area (Å²) in [5.74, 6) is -4.60. The number of aliphatic carboxylic acids is 2. The zero-order valence-electron chi connectivity index (χ0n) is 13.8. The summed E-state index contributed by atoms with van der Waals surface area (Å²) < 4.78 is 31.7. The molecule has 0 radical (unpaired) electrons. The van der Waals surface area contributed by atoms with Crippen molar-refractivity contribution in [2.75, 3.05) is 0 Å². The van der Waals surface area contributed by atoms with Crippen LogP contribution in [0.4, 0.5) is 8.78 Å². The fourth-order valence-electron chi connectivity index (χ4n) is 2.44. The lowest BCUT2D eigenvalue weighted by Crippen LogP contribution is -2.43. The fraction of sp³-hybridized carbons (Fsp3) is 0.222. The lowest BCUT2D eigenvalue weighted by Gasteiger charge is -2.29. The molecule has 7 nitrogen and oxygen atoms in total. The third-order valence-corrected chi connectivity index (χ3v) is 3.86. The SMILES string of the molecule is NC(c1ccc(F)cc1)C(OC(C(=O)O)C(O)C(=O)O)c1ccc(F)cc1. The predicted molar refractivity (Wildman–Crippen MR) is 88.6 cm³/mol. The summed E-state index contributed by atoms with van der Waals surface area (Å²) in [6.45, 7) is 0. The molecule has 9 heteroatoms. The average molecular weight is 381 g/mol. The number of carboxylic acids is 2. The van der Waals surface area contributed by atoms with E-state index in [-0.39, 0.29) is 5.56 Å². The summed E-state index contributed by atoms with van der Waals surface area (Å²) >= 11 is 0. The number of benzene rings is 2. The number of aliphatic hydroxyl groups is 1. The molecule has 5 N–H and O–H groups in total. The Morgan fingerprint density at radius 1 is 0.852 bits per heavy atom. The summed E-state index contributed by atoms with van der Waals surface area (Å²) in [5.41, 5.74) is 6.73. The number of aliphatic hydroxyl groups excluding tert-OH is 1. The van der Waals surface area contributed by atoms with Crippen molar-refractivity contribution in [3.05, 3.63) is 71.3 Å². The van der Waals surface area contributed by atoms with Gasteiger partial charge in [-0.25, -0.2) is 18.4 Å². The monoisotopic (exact) mass is 381 g/mol. The van der Waals surface area contributed by atoms with Gasteiger partial charge in [-0.2, -0.15) is 0 Å². The minimum Gasteiger partial charge on any atom is -0.479 e. The van der Waals surface area contributed by atoms with Gasteiger partial charge in [0.2, 0.25) is 0 Å². The molecular weight excluding hydrogens is 364 g/mol. The smallest absolute Gasteiger partial charge is 0.336 e. The number of rotatable bonds is 8. The molecule has 0 amide bonds. The molecule has 0 aliphatic carbocycles. The molecule has 0 bridgehead atoms. The normalized spacial score (nSPS) is 15.6. The van der Waals surface area contributed by atoms with Crippen LogP contribution in [0.3, 0.4) is 0 Å². The summed E-state index contributed by atoms with van der Waals surface area (Å²) in [6, 6.07) is 8.67. The van der Waals surface area contributed by atoms with E-state index in [0.29, 0.717) is 5.56 Å². The average Bonchev–Trinajstić information content (AvgIpc) is 2.63. The van der Waals surface area contributed by atoms with Gasteiger partial charge >= 0.3 is 11.9 Å². The first-order valence-electron chi connectivity index (χ1n) is 7.76. The van der Waals surface area contributed by atoms with Gasteiger partial charge in [0.25, 0.3) is 0 Å². The Morgan fingerprint density at radius 2 is 1.30 bits per heavy atom. The molecule has 0 aliphatic rings. The standard InChI is InChI=1S/C18H17F2NO6/c19-11-5-1-9(2-6-11)13(21)15(10-3-7-12(20)8-4-10)27-16(18(25)26)14(22)17(23)24/h1-8,13-16,22H,21H2,(H,23,24)(H,25,26). The van der Waals surface area contributed by atoms with Gasteiger partial charge in [0.1, 0.15) is 17.7 Å². The summed E-state index contributed by atoms with van der Waals surface area (Å²) in [4.78, 5) is 22.3. The van der Waals surface area contributed by atoms with E-state index in [2.05, 4.69) is 0 Å². The Bertz CT molecular complexity index is 797. The Labute approximate surface area is 152 Å². The van der Waals surface area contributed by atoms with Crippen molar-refractivity contribution < 1.29 is 38.4 Å². The molecule has 0 aromatic heterocycles. The van der Waals surface area contributed by atoms with Crippen LogP contribution in [0.25, 0.3) is 0 Å². The highest BCUT2D eigenvalue weighted by atomic mass is 19.1. The maximum Gasteiger partial charge on any atom is 0.336 e. The number of ether oxygens (including phenoxy) is 1. The Hall–Kier alpha value is -2.88. The Morgan fingerprint density at radius 3 is 1.70 bits per heavy atom. The van der Waals surface area contributed by atoms with E-state index >= 15 is 0 Å². The van der Waals surface area contributed by atoms with Gasteiger partial charge in [-0.1, -0.05) is 24.3 Å². The van der Waals surface area contributed by atoms with E-state index in [1.807, 2.05) is 0 Å². The van der Waals surface area contributed by atoms with Gasteiger partial charge in [-0.3, -0.25) is 0 Å². The highest BCUT2D eigenvalue weighted by molar-refractivity contribution is 5.83. The molecule has 27 heavy (non-hydrogen) atoms. The van der Waals surface area contributed by atoms with Crippen molar-refractivity contribution in [1.29, 1.82) is 0 Å². The van der Waals surface area contributed by atoms with Crippen molar-refractivity contribution >= 4 is 11.9 Å². The van der Waals surface area contributed by atoms with Crippen LogP contribution in [-0.4, -0.2) is 39.5 Å². The lowest BCUT2D eigenvalue weighted by molar-refractivity contribution is -0.177. The van der Waals surface area contributed by atoms with Crippen molar-refractivity contribution in [1.82, 2.24) is 0 Å². The molecule has 0 spiro atoms. The van der Waals surface area contributed by atoms with Gasteiger partial charge in [0.15, 0.2) is 12.2 Å². The van der Waals surface area contributed by atoms with E-state index in [9.17, 15) is 28.6 Å². The zero-order valence-corrected chi connectivity index (χ0v) is 13.8. The molecule has 2 aromatic carbocycles. The van der Waals surface area contributed by atoms with Gasteiger partial charge in [0, 0.05) is 0 Å². The quantitative estimate of drug-likeness (QED) is 0.547. The minimum atomic E-state index is -2.36. The first-order valence-corrected chi connectivity index (χ1v) is 7.76. The molecule has 0 fully saturated rings. The number of carbonyl (C=O) groups is 2. The molecule has 2 rings (SSSR count). The first-order chi connectivity index (χ1) is 12.7.